The second-order valence-corrected chi connectivity index (χ2v) is 6.40. The standard InChI is InChI=1S/C21H23N3O2/c1-4-11-24-13-18(19(25)17-10-9-14(3)22-20(17)24)21(26)23-16-8-6-7-15(5-2)12-16/h6-10,12-13H,4-5,11H2,1-3H3,(H,23,26). The van der Waals surface area contributed by atoms with Crippen molar-refractivity contribution in [3.63, 3.8) is 0 Å². The van der Waals surface area contributed by atoms with Gasteiger partial charge in [0.1, 0.15) is 11.2 Å². The minimum atomic E-state index is -0.393. The Bertz CT molecular complexity index is 1020. The normalized spacial score (nSPS) is 10.9. The smallest absolute Gasteiger partial charge is 0.261 e. The molecule has 0 spiro atoms. The highest BCUT2D eigenvalue weighted by atomic mass is 16.2. The van der Waals surface area contributed by atoms with Gasteiger partial charge in [-0.25, -0.2) is 4.98 Å². The van der Waals surface area contributed by atoms with E-state index >= 15 is 0 Å². The Labute approximate surface area is 152 Å². The molecular weight excluding hydrogens is 326 g/mol. The number of anilines is 1. The number of carbonyl (C=O) groups is 1. The Hall–Kier alpha value is -2.95. The van der Waals surface area contributed by atoms with Gasteiger partial charge in [-0.1, -0.05) is 26.0 Å². The Morgan fingerprint density at radius 2 is 2.00 bits per heavy atom. The predicted octanol–water partition coefficient (Wildman–Crippen LogP) is 3.93. The third-order valence-corrected chi connectivity index (χ3v) is 4.36. The van der Waals surface area contributed by atoms with Crippen LogP contribution >= 0.6 is 0 Å². The summed E-state index contributed by atoms with van der Waals surface area (Å²) in [5.74, 6) is -0.393. The van der Waals surface area contributed by atoms with Gasteiger partial charge in [-0.15, -0.1) is 0 Å². The minimum absolute atomic E-state index is 0.138. The number of aryl methyl sites for hydroxylation is 3. The molecule has 0 radical (unpaired) electrons. The fraction of sp³-hybridized carbons (Fsp3) is 0.286. The van der Waals surface area contributed by atoms with Gasteiger partial charge in [0.15, 0.2) is 0 Å². The molecular formula is C21H23N3O2. The molecule has 3 aromatic rings. The Morgan fingerprint density at radius 1 is 1.19 bits per heavy atom. The maximum Gasteiger partial charge on any atom is 0.261 e. The summed E-state index contributed by atoms with van der Waals surface area (Å²) < 4.78 is 1.89. The maximum atomic E-state index is 12.8. The van der Waals surface area contributed by atoms with Crippen LogP contribution in [0.4, 0.5) is 5.69 Å². The van der Waals surface area contributed by atoms with Crippen molar-refractivity contribution >= 4 is 22.6 Å². The average Bonchev–Trinajstić information content (AvgIpc) is 2.64. The zero-order valence-corrected chi connectivity index (χ0v) is 15.4. The van der Waals surface area contributed by atoms with Gasteiger partial charge in [-0.3, -0.25) is 9.59 Å². The highest BCUT2D eigenvalue weighted by molar-refractivity contribution is 6.05. The second kappa shape index (κ2) is 7.52. The molecule has 0 saturated carbocycles. The summed E-state index contributed by atoms with van der Waals surface area (Å²) >= 11 is 0. The Kier molecular flexibility index (Phi) is 5.16. The number of fused-ring (bicyclic) bond motifs is 1. The third-order valence-electron chi connectivity index (χ3n) is 4.36. The van der Waals surface area contributed by atoms with E-state index in [9.17, 15) is 9.59 Å². The zero-order valence-electron chi connectivity index (χ0n) is 15.4. The lowest BCUT2D eigenvalue weighted by Gasteiger charge is -2.13. The number of hydrogen-bond acceptors (Lipinski definition) is 3. The first-order chi connectivity index (χ1) is 12.5. The monoisotopic (exact) mass is 349 g/mol. The highest BCUT2D eigenvalue weighted by Crippen LogP contribution is 2.15. The van der Waals surface area contributed by atoms with E-state index in [4.69, 9.17) is 0 Å². The number of nitrogens with zero attached hydrogens (tertiary/aromatic N) is 2. The maximum absolute atomic E-state index is 12.8. The molecule has 0 saturated heterocycles. The summed E-state index contributed by atoms with van der Waals surface area (Å²) in [4.78, 5) is 30.1. The van der Waals surface area contributed by atoms with Gasteiger partial charge < -0.3 is 9.88 Å². The van der Waals surface area contributed by atoms with E-state index in [-0.39, 0.29) is 11.0 Å². The van der Waals surface area contributed by atoms with Crippen molar-refractivity contribution in [3.05, 3.63) is 69.6 Å². The number of amides is 1. The fourth-order valence-corrected chi connectivity index (χ4v) is 3.00. The number of aromatic nitrogens is 2. The average molecular weight is 349 g/mol. The van der Waals surface area contributed by atoms with Gasteiger partial charge in [-0.2, -0.15) is 0 Å². The summed E-state index contributed by atoms with van der Waals surface area (Å²) in [5, 5.41) is 3.32. The lowest BCUT2D eigenvalue weighted by molar-refractivity contribution is 0.102. The molecule has 5 nitrogen and oxygen atoms in total. The van der Waals surface area contributed by atoms with Crippen LogP contribution < -0.4 is 10.7 Å². The molecule has 0 aliphatic carbocycles. The van der Waals surface area contributed by atoms with Gasteiger partial charge in [0.2, 0.25) is 5.43 Å². The van der Waals surface area contributed by atoms with Gasteiger partial charge in [0.05, 0.1) is 5.39 Å². The first kappa shape index (κ1) is 17.9. The molecule has 2 aromatic heterocycles. The topological polar surface area (TPSA) is 64.0 Å². The summed E-state index contributed by atoms with van der Waals surface area (Å²) in [7, 11) is 0. The van der Waals surface area contributed by atoms with Crippen molar-refractivity contribution in [2.45, 2.75) is 40.2 Å². The molecule has 0 aliphatic heterocycles. The van der Waals surface area contributed by atoms with Crippen molar-refractivity contribution in [2.24, 2.45) is 0 Å². The lowest BCUT2D eigenvalue weighted by Crippen LogP contribution is -2.24. The molecule has 0 aliphatic rings. The van der Waals surface area contributed by atoms with Gasteiger partial charge in [0.25, 0.3) is 5.91 Å². The second-order valence-electron chi connectivity index (χ2n) is 6.40. The quantitative estimate of drug-likeness (QED) is 0.759. The molecule has 2 heterocycles. The summed E-state index contributed by atoms with van der Waals surface area (Å²) in [5.41, 5.74) is 3.14. The lowest BCUT2D eigenvalue weighted by atomic mass is 10.1. The summed E-state index contributed by atoms with van der Waals surface area (Å²) in [6.07, 6.45) is 3.39. The van der Waals surface area contributed by atoms with Crippen LogP contribution in [0.25, 0.3) is 11.0 Å². The SMILES string of the molecule is CCCn1cc(C(=O)Nc2cccc(CC)c2)c(=O)c2ccc(C)nc21. The van der Waals surface area contributed by atoms with Crippen LogP contribution in [0.3, 0.4) is 0 Å². The molecule has 1 aromatic carbocycles. The van der Waals surface area contributed by atoms with Crippen LogP contribution in [-0.2, 0) is 13.0 Å². The number of pyridine rings is 2. The number of benzene rings is 1. The van der Waals surface area contributed by atoms with E-state index in [1.54, 1.807) is 18.3 Å². The molecule has 26 heavy (non-hydrogen) atoms. The van der Waals surface area contributed by atoms with Crippen LogP contribution in [0.5, 0.6) is 0 Å². The van der Waals surface area contributed by atoms with Crippen LogP contribution in [0.15, 0.2) is 47.4 Å². The predicted molar refractivity (Wildman–Crippen MR) is 105 cm³/mol. The van der Waals surface area contributed by atoms with E-state index in [0.29, 0.717) is 23.3 Å². The number of carbonyl (C=O) groups excluding carboxylic acids is 1. The van der Waals surface area contributed by atoms with Gasteiger partial charge >= 0.3 is 0 Å². The first-order valence-corrected chi connectivity index (χ1v) is 8.94. The van der Waals surface area contributed by atoms with E-state index in [2.05, 4.69) is 24.1 Å². The minimum Gasteiger partial charge on any atom is -0.331 e. The highest BCUT2D eigenvalue weighted by Gasteiger charge is 2.16. The van der Waals surface area contributed by atoms with Crippen LogP contribution in [-0.4, -0.2) is 15.5 Å². The summed E-state index contributed by atoms with van der Waals surface area (Å²) in [6.45, 7) is 6.69. The van der Waals surface area contributed by atoms with Crippen LogP contribution in [0, 0.1) is 6.92 Å². The van der Waals surface area contributed by atoms with Gasteiger partial charge in [-0.05, 0) is 49.6 Å². The molecule has 134 valence electrons. The molecule has 0 atom stereocenters. The van der Waals surface area contributed by atoms with E-state index in [0.717, 1.165) is 24.1 Å². The van der Waals surface area contributed by atoms with Crippen LogP contribution in [0.1, 0.15) is 41.9 Å². The molecule has 0 bridgehead atoms. The molecule has 5 heteroatoms. The first-order valence-electron chi connectivity index (χ1n) is 8.94. The number of nitrogens with one attached hydrogen (secondary N) is 1. The molecule has 0 fully saturated rings. The van der Waals surface area contributed by atoms with Crippen molar-refractivity contribution in [2.75, 3.05) is 5.32 Å². The summed E-state index contributed by atoms with van der Waals surface area (Å²) in [6, 6.07) is 11.2. The van der Waals surface area contributed by atoms with Crippen molar-refractivity contribution in [3.8, 4) is 0 Å². The van der Waals surface area contributed by atoms with Gasteiger partial charge in [0, 0.05) is 24.1 Å². The van der Waals surface area contributed by atoms with Crippen molar-refractivity contribution < 1.29 is 4.79 Å². The van der Waals surface area contributed by atoms with E-state index in [1.165, 1.54) is 0 Å². The molecule has 1 amide bonds. The van der Waals surface area contributed by atoms with Crippen molar-refractivity contribution in [1.29, 1.82) is 0 Å². The van der Waals surface area contributed by atoms with Crippen LogP contribution in [0.2, 0.25) is 0 Å². The van der Waals surface area contributed by atoms with E-state index in [1.807, 2.05) is 35.8 Å². The zero-order chi connectivity index (χ0) is 18.7. The number of hydrogen-bond donors (Lipinski definition) is 1. The Balaban J connectivity index is 2.06. The fourth-order valence-electron chi connectivity index (χ4n) is 3.00. The molecule has 0 unspecified atom stereocenters. The Morgan fingerprint density at radius 3 is 2.73 bits per heavy atom. The van der Waals surface area contributed by atoms with Crippen molar-refractivity contribution in [1.82, 2.24) is 9.55 Å². The number of rotatable bonds is 5. The molecule has 3 rings (SSSR count). The molecule has 1 N–H and O–H groups in total. The van der Waals surface area contributed by atoms with E-state index < -0.39 is 5.91 Å². The largest absolute Gasteiger partial charge is 0.331 e. The third kappa shape index (κ3) is 3.52.